The second-order valence-corrected chi connectivity index (χ2v) is 3.92. The van der Waals surface area contributed by atoms with E-state index in [0.29, 0.717) is 0 Å². The SMILES string of the molecule is CC(=O)SCc1cccc(C)c1. The molecule has 0 saturated heterocycles. The second-order valence-electron chi connectivity index (χ2n) is 2.77. The van der Waals surface area contributed by atoms with E-state index < -0.39 is 0 Å². The number of thioether (sulfide) groups is 1. The lowest BCUT2D eigenvalue weighted by atomic mass is 10.2. The first-order valence-electron chi connectivity index (χ1n) is 3.87. The molecule has 1 aromatic carbocycles. The zero-order valence-corrected chi connectivity index (χ0v) is 8.15. The molecule has 0 fully saturated rings. The average Bonchev–Trinajstić information content (AvgIpc) is 2.01. The number of carbonyl (C=O) groups is 1. The third-order valence-electron chi connectivity index (χ3n) is 1.52. The molecule has 12 heavy (non-hydrogen) atoms. The molecule has 0 bridgehead atoms. The Balaban J connectivity index is 2.57. The lowest BCUT2D eigenvalue weighted by Crippen LogP contribution is -1.85. The molecule has 0 N–H and O–H groups in total. The van der Waals surface area contributed by atoms with E-state index in [1.807, 2.05) is 12.1 Å². The van der Waals surface area contributed by atoms with Gasteiger partial charge in [-0.05, 0) is 12.5 Å². The molecule has 0 aromatic heterocycles. The van der Waals surface area contributed by atoms with Crippen molar-refractivity contribution < 1.29 is 4.79 Å². The quantitative estimate of drug-likeness (QED) is 0.696. The van der Waals surface area contributed by atoms with E-state index in [2.05, 4.69) is 19.1 Å². The monoisotopic (exact) mass is 180 g/mol. The van der Waals surface area contributed by atoms with Crippen LogP contribution < -0.4 is 0 Å². The molecule has 1 nitrogen and oxygen atoms in total. The molecule has 0 aliphatic heterocycles. The molecular weight excluding hydrogens is 168 g/mol. The van der Waals surface area contributed by atoms with Crippen LogP contribution in [0.15, 0.2) is 24.3 Å². The van der Waals surface area contributed by atoms with E-state index in [0.717, 1.165) is 5.75 Å². The molecule has 64 valence electrons. The molecule has 0 spiro atoms. The van der Waals surface area contributed by atoms with E-state index in [4.69, 9.17) is 0 Å². The van der Waals surface area contributed by atoms with Crippen LogP contribution in [0.4, 0.5) is 0 Å². The van der Waals surface area contributed by atoms with E-state index in [1.165, 1.54) is 22.9 Å². The van der Waals surface area contributed by atoms with Gasteiger partial charge in [-0.2, -0.15) is 0 Å². The minimum Gasteiger partial charge on any atom is -0.288 e. The lowest BCUT2D eigenvalue weighted by Gasteiger charge is -1.99. The minimum absolute atomic E-state index is 0.177. The van der Waals surface area contributed by atoms with Crippen LogP contribution in [-0.2, 0) is 10.5 Å². The van der Waals surface area contributed by atoms with Crippen molar-refractivity contribution in [2.45, 2.75) is 19.6 Å². The highest BCUT2D eigenvalue weighted by Crippen LogP contribution is 2.13. The first-order valence-corrected chi connectivity index (χ1v) is 4.86. The Bertz CT molecular complexity index is 281. The molecule has 1 rings (SSSR count). The van der Waals surface area contributed by atoms with Gasteiger partial charge in [-0.3, -0.25) is 4.79 Å². The zero-order valence-electron chi connectivity index (χ0n) is 7.33. The highest BCUT2D eigenvalue weighted by atomic mass is 32.2. The number of rotatable bonds is 2. The second kappa shape index (κ2) is 4.31. The lowest BCUT2D eigenvalue weighted by molar-refractivity contribution is -0.109. The van der Waals surface area contributed by atoms with E-state index >= 15 is 0 Å². The third kappa shape index (κ3) is 3.09. The maximum Gasteiger partial charge on any atom is 0.186 e. The maximum absolute atomic E-state index is 10.7. The first kappa shape index (κ1) is 9.33. The van der Waals surface area contributed by atoms with Crippen molar-refractivity contribution in [2.24, 2.45) is 0 Å². The summed E-state index contributed by atoms with van der Waals surface area (Å²) in [6.45, 7) is 3.66. The van der Waals surface area contributed by atoms with Crippen LogP contribution in [0.2, 0.25) is 0 Å². The standard InChI is InChI=1S/C10H12OS/c1-8-4-3-5-10(6-8)7-12-9(2)11/h3-6H,7H2,1-2H3. The highest BCUT2D eigenvalue weighted by molar-refractivity contribution is 8.12. The molecule has 0 unspecified atom stereocenters. The van der Waals surface area contributed by atoms with Crippen LogP contribution >= 0.6 is 11.8 Å². The van der Waals surface area contributed by atoms with Gasteiger partial charge in [0.2, 0.25) is 0 Å². The van der Waals surface area contributed by atoms with Gasteiger partial charge in [-0.15, -0.1) is 0 Å². The number of aryl methyl sites for hydroxylation is 1. The molecule has 0 saturated carbocycles. The fourth-order valence-electron chi connectivity index (χ4n) is 0.987. The van der Waals surface area contributed by atoms with Crippen LogP contribution in [-0.4, -0.2) is 5.12 Å². The summed E-state index contributed by atoms with van der Waals surface area (Å²) >= 11 is 1.35. The molecular formula is C10H12OS. The minimum atomic E-state index is 0.177. The molecule has 0 aliphatic rings. The molecule has 2 heteroatoms. The normalized spacial score (nSPS) is 9.83. The third-order valence-corrected chi connectivity index (χ3v) is 2.41. The molecule has 0 heterocycles. The fourth-order valence-corrected chi connectivity index (χ4v) is 1.54. The molecule has 0 radical (unpaired) electrons. The topological polar surface area (TPSA) is 17.1 Å². The Kier molecular flexibility index (Phi) is 3.35. The van der Waals surface area contributed by atoms with Gasteiger partial charge in [0.15, 0.2) is 5.12 Å². The van der Waals surface area contributed by atoms with Crippen molar-refractivity contribution >= 4 is 16.9 Å². The zero-order chi connectivity index (χ0) is 8.97. The Morgan fingerprint density at radius 2 is 2.25 bits per heavy atom. The first-order chi connectivity index (χ1) is 5.68. The van der Waals surface area contributed by atoms with Crippen LogP contribution in [0.25, 0.3) is 0 Å². The van der Waals surface area contributed by atoms with Crippen LogP contribution in [0.5, 0.6) is 0 Å². The predicted octanol–water partition coefficient (Wildman–Crippen LogP) is 2.77. The Morgan fingerprint density at radius 3 is 2.83 bits per heavy atom. The Labute approximate surface area is 77.2 Å². The van der Waals surface area contributed by atoms with Gasteiger partial charge in [-0.1, -0.05) is 41.6 Å². The van der Waals surface area contributed by atoms with Gasteiger partial charge in [-0.25, -0.2) is 0 Å². The summed E-state index contributed by atoms with van der Waals surface area (Å²) in [6.07, 6.45) is 0. The smallest absolute Gasteiger partial charge is 0.186 e. The summed E-state index contributed by atoms with van der Waals surface area (Å²) in [6, 6.07) is 8.23. The summed E-state index contributed by atoms with van der Waals surface area (Å²) in [7, 11) is 0. The molecule has 0 atom stereocenters. The highest BCUT2D eigenvalue weighted by Gasteiger charge is 1.96. The van der Waals surface area contributed by atoms with Crippen LogP contribution in [0.3, 0.4) is 0 Å². The summed E-state index contributed by atoms with van der Waals surface area (Å²) in [5.41, 5.74) is 2.46. The summed E-state index contributed by atoms with van der Waals surface area (Å²) in [5, 5.41) is 0.177. The number of hydrogen-bond donors (Lipinski definition) is 0. The largest absolute Gasteiger partial charge is 0.288 e. The number of carbonyl (C=O) groups excluding carboxylic acids is 1. The summed E-state index contributed by atoms with van der Waals surface area (Å²) in [4.78, 5) is 10.7. The van der Waals surface area contributed by atoms with E-state index in [9.17, 15) is 4.79 Å². The van der Waals surface area contributed by atoms with Gasteiger partial charge in [0.05, 0.1) is 0 Å². The van der Waals surface area contributed by atoms with Crippen LogP contribution in [0.1, 0.15) is 18.1 Å². The van der Waals surface area contributed by atoms with Crippen molar-refractivity contribution in [3.05, 3.63) is 35.4 Å². The average molecular weight is 180 g/mol. The molecule has 0 amide bonds. The van der Waals surface area contributed by atoms with Gasteiger partial charge in [0.25, 0.3) is 0 Å². The number of hydrogen-bond acceptors (Lipinski definition) is 2. The Hall–Kier alpha value is -0.760. The van der Waals surface area contributed by atoms with Gasteiger partial charge in [0.1, 0.15) is 0 Å². The number of benzene rings is 1. The summed E-state index contributed by atoms with van der Waals surface area (Å²) < 4.78 is 0. The van der Waals surface area contributed by atoms with Crippen molar-refractivity contribution in [2.75, 3.05) is 0 Å². The summed E-state index contributed by atoms with van der Waals surface area (Å²) in [5.74, 6) is 0.789. The van der Waals surface area contributed by atoms with Crippen molar-refractivity contribution in [3.8, 4) is 0 Å². The van der Waals surface area contributed by atoms with Crippen molar-refractivity contribution in [1.29, 1.82) is 0 Å². The predicted molar refractivity (Wildman–Crippen MR) is 53.2 cm³/mol. The van der Waals surface area contributed by atoms with Crippen molar-refractivity contribution in [3.63, 3.8) is 0 Å². The van der Waals surface area contributed by atoms with Gasteiger partial charge < -0.3 is 0 Å². The van der Waals surface area contributed by atoms with Crippen LogP contribution in [0, 0.1) is 6.92 Å². The molecule has 0 aliphatic carbocycles. The van der Waals surface area contributed by atoms with Gasteiger partial charge in [0, 0.05) is 12.7 Å². The fraction of sp³-hybridized carbons (Fsp3) is 0.300. The van der Waals surface area contributed by atoms with Crippen molar-refractivity contribution in [1.82, 2.24) is 0 Å². The van der Waals surface area contributed by atoms with Gasteiger partial charge >= 0.3 is 0 Å². The maximum atomic E-state index is 10.7. The Morgan fingerprint density at radius 1 is 1.50 bits per heavy atom. The van der Waals surface area contributed by atoms with E-state index in [-0.39, 0.29) is 5.12 Å². The molecule has 1 aromatic rings. The van der Waals surface area contributed by atoms with E-state index in [1.54, 1.807) is 6.92 Å².